The lowest BCUT2D eigenvalue weighted by Crippen LogP contribution is -2.34. The number of rotatable bonds is 6. The number of aryl methyl sites for hydroxylation is 2. The van der Waals surface area contributed by atoms with Crippen molar-refractivity contribution in [1.29, 1.82) is 0 Å². The van der Waals surface area contributed by atoms with Gasteiger partial charge in [0.05, 0.1) is 18.1 Å². The monoisotopic (exact) mass is 392 g/mol. The molecule has 1 saturated heterocycles. The molecular weight excluding hydrogens is 364 g/mol. The van der Waals surface area contributed by atoms with Crippen LogP contribution in [0, 0.1) is 19.8 Å². The van der Waals surface area contributed by atoms with Gasteiger partial charge in [0.1, 0.15) is 5.82 Å². The topological polar surface area (TPSA) is 79.1 Å². The first kappa shape index (κ1) is 19.4. The maximum Gasteiger partial charge on any atom is 0.174 e. The molecule has 0 bridgehead atoms. The third-order valence-electron chi connectivity index (χ3n) is 5.50. The zero-order chi connectivity index (χ0) is 20.2. The number of nitrogens with zero attached hydrogens (tertiary/aromatic N) is 5. The Morgan fingerprint density at radius 2 is 1.86 bits per heavy atom. The minimum atomic E-state index is 0.308. The second-order valence-corrected chi connectivity index (χ2v) is 7.73. The fraction of sp³-hybridized carbons (Fsp3) is 0.409. The smallest absolute Gasteiger partial charge is 0.174 e. The normalized spacial score (nSPS) is 14.9. The summed E-state index contributed by atoms with van der Waals surface area (Å²) < 4.78 is 1.81. The number of aliphatic hydroxyl groups excluding tert-OH is 1. The second-order valence-electron chi connectivity index (χ2n) is 7.73. The molecule has 1 aliphatic heterocycles. The van der Waals surface area contributed by atoms with Crippen molar-refractivity contribution in [3.8, 4) is 5.82 Å². The van der Waals surface area contributed by atoms with Crippen molar-refractivity contribution in [1.82, 2.24) is 19.7 Å². The highest BCUT2D eigenvalue weighted by Gasteiger charge is 2.18. The van der Waals surface area contributed by atoms with Gasteiger partial charge in [-0.1, -0.05) is 12.1 Å². The summed E-state index contributed by atoms with van der Waals surface area (Å²) in [7, 11) is 0. The van der Waals surface area contributed by atoms with Crippen molar-refractivity contribution in [2.24, 2.45) is 5.92 Å². The summed E-state index contributed by atoms with van der Waals surface area (Å²) in [6.07, 6.45) is 5.57. The van der Waals surface area contributed by atoms with E-state index in [1.165, 1.54) is 11.3 Å². The number of hydrogen-bond acceptors (Lipinski definition) is 6. The molecule has 0 unspecified atom stereocenters. The van der Waals surface area contributed by atoms with Crippen LogP contribution in [-0.4, -0.2) is 44.6 Å². The van der Waals surface area contributed by atoms with Gasteiger partial charge in [0.25, 0.3) is 0 Å². The van der Waals surface area contributed by atoms with Crippen molar-refractivity contribution in [2.45, 2.75) is 33.2 Å². The van der Waals surface area contributed by atoms with Crippen LogP contribution in [0.15, 0.2) is 42.7 Å². The highest BCUT2D eigenvalue weighted by Crippen LogP contribution is 2.23. The molecule has 1 aliphatic rings. The number of piperidine rings is 1. The fourth-order valence-corrected chi connectivity index (χ4v) is 3.79. The van der Waals surface area contributed by atoms with Gasteiger partial charge in [-0.05, 0) is 56.4 Å². The molecule has 7 nitrogen and oxygen atoms in total. The predicted octanol–water partition coefficient (Wildman–Crippen LogP) is 3.10. The van der Waals surface area contributed by atoms with Gasteiger partial charge in [-0.2, -0.15) is 5.10 Å². The number of aromatic nitrogens is 4. The van der Waals surface area contributed by atoms with Crippen LogP contribution in [0.2, 0.25) is 0 Å². The Bertz CT molecular complexity index is 944. The molecule has 3 aromatic rings. The molecule has 1 aromatic carbocycles. The van der Waals surface area contributed by atoms with E-state index in [1.807, 2.05) is 24.6 Å². The van der Waals surface area contributed by atoms with E-state index < -0.39 is 0 Å². The van der Waals surface area contributed by atoms with Crippen molar-refractivity contribution in [3.63, 3.8) is 0 Å². The number of nitrogens with one attached hydrogen (secondary N) is 1. The molecule has 7 heteroatoms. The largest absolute Gasteiger partial charge is 0.396 e. The van der Waals surface area contributed by atoms with Crippen LogP contribution in [0.3, 0.4) is 0 Å². The molecule has 0 saturated carbocycles. The van der Waals surface area contributed by atoms with Crippen molar-refractivity contribution >= 4 is 11.5 Å². The molecule has 29 heavy (non-hydrogen) atoms. The van der Waals surface area contributed by atoms with Gasteiger partial charge in [-0.15, -0.1) is 0 Å². The molecule has 0 amide bonds. The van der Waals surface area contributed by atoms with E-state index in [4.69, 9.17) is 0 Å². The van der Waals surface area contributed by atoms with Crippen LogP contribution in [0.5, 0.6) is 0 Å². The van der Waals surface area contributed by atoms with Crippen molar-refractivity contribution in [2.75, 3.05) is 29.9 Å². The standard InChI is InChI=1S/C22H28N6O/c1-16-11-17(2)28(26-16)22-14-23-13-21(25-22)24-12-18-3-5-20(6-4-18)27-9-7-19(15-29)8-10-27/h3-6,11,13-14,19,29H,7-10,12,15H2,1-2H3,(H,24,25). The molecule has 1 fully saturated rings. The fourth-order valence-electron chi connectivity index (χ4n) is 3.79. The molecule has 3 heterocycles. The van der Waals surface area contributed by atoms with Crippen LogP contribution in [0.1, 0.15) is 29.8 Å². The van der Waals surface area contributed by atoms with E-state index in [9.17, 15) is 5.11 Å². The summed E-state index contributed by atoms with van der Waals surface area (Å²) in [5.41, 5.74) is 4.43. The summed E-state index contributed by atoms with van der Waals surface area (Å²) >= 11 is 0. The number of benzene rings is 1. The second kappa shape index (κ2) is 8.61. The van der Waals surface area contributed by atoms with E-state index in [0.717, 1.165) is 43.1 Å². The predicted molar refractivity (Wildman–Crippen MR) is 114 cm³/mol. The van der Waals surface area contributed by atoms with Crippen LogP contribution in [0.4, 0.5) is 11.5 Å². The van der Waals surface area contributed by atoms with E-state index in [2.05, 4.69) is 49.5 Å². The van der Waals surface area contributed by atoms with Gasteiger partial charge < -0.3 is 15.3 Å². The average molecular weight is 393 g/mol. The average Bonchev–Trinajstić information content (AvgIpc) is 3.11. The van der Waals surface area contributed by atoms with Crippen LogP contribution in [0.25, 0.3) is 5.82 Å². The maximum atomic E-state index is 9.29. The number of anilines is 2. The van der Waals surface area contributed by atoms with Gasteiger partial charge >= 0.3 is 0 Å². The minimum Gasteiger partial charge on any atom is -0.396 e. The lowest BCUT2D eigenvalue weighted by Gasteiger charge is -2.33. The number of aliphatic hydroxyl groups is 1. The Morgan fingerprint density at radius 3 is 2.52 bits per heavy atom. The first-order valence-corrected chi connectivity index (χ1v) is 10.2. The Hall–Kier alpha value is -2.93. The van der Waals surface area contributed by atoms with Crippen molar-refractivity contribution in [3.05, 3.63) is 59.7 Å². The summed E-state index contributed by atoms with van der Waals surface area (Å²) in [4.78, 5) is 11.3. The van der Waals surface area contributed by atoms with Crippen LogP contribution >= 0.6 is 0 Å². The molecule has 0 atom stereocenters. The summed E-state index contributed by atoms with van der Waals surface area (Å²) in [6, 6.07) is 10.7. The molecular formula is C22H28N6O. The van der Waals surface area contributed by atoms with Gasteiger partial charge in [0, 0.05) is 37.6 Å². The van der Waals surface area contributed by atoms with E-state index in [-0.39, 0.29) is 0 Å². The Kier molecular flexibility index (Phi) is 5.76. The third kappa shape index (κ3) is 4.56. The highest BCUT2D eigenvalue weighted by atomic mass is 16.3. The third-order valence-corrected chi connectivity index (χ3v) is 5.50. The molecule has 2 aromatic heterocycles. The zero-order valence-corrected chi connectivity index (χ0v) is 17.0. The van der Waals surface area contributed by atoms with Gasteiger partial charge in [-0.25, -0.2) is 9.67 Å². The van der Waals surface area contributed by atoms with Gasteiger partial charge in [-0.3, -0.25) is 4.98 Å². The maximum absolute atomic E-state index is 9.29. The first-order valence-electron chi connectivity index (χ1n) is 10.2. The lowest BCUT2D eigenvalue weighted by atomic mass is 9.97. The molecule has 0 spiro atoms. The quantitative estimate of drug-likeness (QED) is 0.671. The summed E-state index contributed by atoms with van der Waals surface area (Å²) in [5.74, 6) is 1.90. The summed E-state index contributed by atoms with van der Waals surface area (Å²) in [6.45, 7) is 6.99. The number of hydrogen-bond donors (Lipinski definition) is 2. The minimum absolute atomic E-state index is 0.308. The zero-order valence-electron chi connectivity index (χ0n) is 17.0. The lowest BCUT2D eigenvalue weighted by molar-refractivity contribution is 0.203. The van der Waals surface area contributed by atoms with Crippen molar-refractivity contribution < 1.29 is 5.11 Å². The SMILES string of the molecule is Cc1cc(C)n(-c2cncc(NCc3ccc(N4CCC(CO)CC4)cc3)n2)n1. The van der Waals surface area contributed by atoms with E-state index in [1.54, 1.807) is 12.4 Å². The molecule has 2 N–H and O–H groups in total. The molecule has 0 radical (unpaired) electrons. The van der Waals surface area contributed by atoms with E-state index >= 15 is 0 Å². The Morgan fingerprint density at radius 1 is 1.10 bits per heavy atom. The van der Waals surface area contributed by atoms with Gasteiger partial charge in [0.15, 0.2) is 5.82 Å². The first-order chi connectivity index (χ1) is 14.1. The molecule has 0 aliphatic carbocycles. The van der Waals surface area contributed by atoms with Crippen LogP contribution in [-0.2, 0) is 6.54 Å². The molecule has 4 rings (SSSR count). The molecule has 152 valence electrons. The Labute approximate surface area is 171 Å². The summed E-state index contributed by atoms with van der Waals surface area (Å²) in [5, 5.41) is 17.1. The highest BCUT2D eigenvalue weighted by molar-refractivity contribution is 5.48. The van der Waals surface area contributed by atoms with E-state index in [0.29, 0.717) is 24.9 Å². The van der Waals surface area contributed by atoms with Crippen LogP contribution < -0.4 is 10.2 Å². The van der Waals surface area contributed by atoms with Gasteiger partial charge in [0.2, 0.25) is 0 Å². The Balaban J connectivity index is 1.37.